The Hall–Kier alpha value is -0.470. The molecule has 1 saturated heterocycles. The molecule has 0 aromatic heterocycles. The van der Waals surface area contributed by atoms with Gasteiger partial charge in [-0.2, -0.15) is 0 Å². The highest BCUT2D eigenvalue weighted by Crippen LogP contribution is 2.51. The first-order valence-electron chi connectivity index (χ1n) is 6.23. The van der Waals surface area contributed by atoms with E-state index >= 15 is 0 Å². The maximum absolute atomic E-state index is 3.76. The molecule has 86 valence electrons. The van der Waals surface area contributed by atoms with Gasteiger partial charge in [-0.25, -0.2) is 0 Å². The van der Waals surface area contributed by atoms with Gasteiger partial charge in [-0.1, -0.05) is 38.1 Å². The summed E-state index contributed by atoms with van der Waals surface area (Å²) in [4.78, 5) is 0.225. The summed E-state index contributed by atoms with van der Waals surface area (Å²) in [5.41, 5.74) is 3.10. The van der Waals surface area contributed by atoms with Gasteiger partial charge in [-0.15, -0.1) is 11.8 Å². The summed E-state index contributed by atoms with van der Waals surface area (Å²) < 4.78 is 0. The predicted molar refractivity (Wildman–Crippen MR) is 70.8 cm³/mol. The van der Waals surface area contributed by atoms with Crippen LogP contribution in [0.1, 0.15) is 43.7 Å². The lowest BCUT2D eigenvalue weighted by atomic mass is 9.80. The summed E-state index contributed by atoms with van der Waals surface area (Å²) in [6.07, 6.45) is 2.59. The van der Waals surface area contributed by atoms with Crippen molar-refractivity contribution < 1.29 is 0 Å². The van der Waals surface area contributed by atoms with Crippen LogP contribution in [-0.2, 0) is 4.87 Å². The fourth-order valence-electron chi connectivity index (χ4n) is 3.05. The highest BCUT2D eigenvalue weighted by Gasteiger charge is 2.43. The molecule has 16 heavy (non-hydrogen) atoms. The molecule has 1 aromatic rings. The van der Waals surface area contributed by atoms with Gasteiger partial charge in [0, 0.05) is 11.8 Å². The molecule has 3 rings (SSSR count). The van der Waals surface area contributed by atoms with Crippen molar-refractivity contribution in [3.05, 3.63) is 35.4 Å². The fourth-order valence-corrected chi connectivity index (χ4v) is 4.61. The predicted octanol–water partition coefficient (Wildman–Crippen LogP) is 3.46. The molecule has 1 heterocycles. The van der Waals surface area contributed by atoms with Crippen LogP contribution >= 0.6 is 11.8 Å². The van der Waals surface area contributed by atoms with E-state index in [1.807, 2.05) is 0 Å². The Labute approximate surface area is 102 Å². The minimum atomic E-state index is 0.225. The molecule has 1 fully saturated rings. The Morgan fingerprint density at radius 2 is 2.12 bits per heavy atom. The van der Waals surface area contributed by atoms with Crippen molar-refractivity contribution in [2.24, 2.45) is 0 Å². The van der Waals surface area contributed by atoms with E-state index in [-0.39, 0.29) is 4.87 Å². The van der Waals surface area contributed by atoms with Gasteiger partial charge >= 0.3 is 0 Å². The topological polar surface area (TPSA) is 12.0 Å². The summed E-state index contributed by atoms with van der Waals surface area (Å²) in [6.45, 7) is 5.83. The van der Waals surface area contributed by atoms with E-state index in [0.29, 0.717) is 0 Å². The quantitative estimate of drug-likeness (QED) is 0.736. The van der Waals surface area contributed by atoms with Gasteiger partial charge in [0.05, 0.1) is 4.87 Å². The van der Waals surface area contributed by atoms with E-state index < -0.39 is 0 Å². The van der Waals surface area contributed by atoms with Gasteiger partial charge in [0.1, 0.15) is 0 Å². The lowest BCUT2D eigenvalue weighted by molar-refractivity contribution is 0.414. The molecule has 3 atom stereocenters. The summed E-state index contributed by atoms with van der Waals surface area (Å²) in [7, 11) is 0. The molecule has 0 amide bonds. The Kier molecular flexibility index (Phi) is 2.52. The van der Waals surface area contributed by atoms with Crippen LogP contribution in [0.5, 0.6) is 0 Å². The Bertz CT molecular complexity index is 403. The molecule has 0 radical (unpaired) electrons. The number of fused-ring (bicyclic) bond motifs is 2. The second-order valence-electron chi connectivity index (χ2n) is 5.16. The standard InChI is InChI=1S/C14H19NS/c1-10-7-8-14(15-9-11(2)16-14)13-6-4-3-5-12(10)13/h3-6,10-11,15H,7-9H2,1-2H3. The van der Waals surface area contributed by atoms with Crippen LogP contribution in [0, 0.1) is 0 Å². The van der Waals surface area contributed by atoms with Gasteiger partial charge < -0.3 is 0 Å². The first-order chi connectivity index (χ1) is 7.71. The third-order valence-corrected chi connectivity index (χ3v) is 5.47. The number of nitrogens with one attached hydrogen (secondary N) is 1. The third kappa shape index (κ3) is 1.51. The molecule has 1 spiro atoms. The van der Waals surface area contributed by atoms with Crippen LogP contribution in [-0.4, -0.2) is 11.8 Å². The minimum absolute atomic E-state index is 0.225. The molecule has 2 aliphatic rings. The van der Waals surface area contributed by atoms with Gasteiger partial charge in [-0.3, -0.25) is 5.32 Å². The normalized spacial score (nSPS) is 37.6. The van der Waals surface area contributed by atoms with Crippen molar-refractivity contribution in [3.8, 4) is 0 Å². The van der Waals surface area contributed by atoms with E-state index in [1.54, 1.807) is 11.1 Å². The van der Waals surface area contributed by atoms with Crippen LogP contribution < -0.4 is 5.32 Å². The van der Waals surface area contributed by atoms with E-state index in [9.17, 15) is 0 Å². The van der Waals surface area contributed by atoms with Gasteiger partial charge in [0.25, 0.3) is 0 Å². The maximum Gasteiger partial charge on any atom is 0.0907 e. The zero-order valence-corrected chi connectivity index (χ0v) is 10.8. The first kappa shape index (κ1) is 10.7. The van der Waals surface area contributed by atoms with E-state index in [1.165, 1.54) is 12.8 Å². The highest BCUT2D eigenvalue weighted by molar-refractivity contribution is 8.01. The zero-order chi connectivity index (χ0) is 11.2. The second-order valence-corrected chi connectivity index (χ2v) is 6.90. The largest absolute Gasteiger partial charge is 0.298 e. The SMILES string of the molecule is CC1CNC2(CCC(C)c3ccccc32)S1. The average Bonchev–Trinajstić information content (AvgIpc) is 2.68. The molecule has 1 aromatic carbocycles. The Morgan fingerprint density at radius 3 is 2.88 bits per heavy atom. The number of benzene rings is 1. The molecule has 1 N–H and O–H groups in total. The average molecular weight is 233 g/mol. The smallest absolute Gasteiger partial charge is 0.0907 e. The van der Waals surface area contributed by atoms with Gasteiger partial charge in [0.15, 0.2) is 0 Å². The second kappa shape index (κ2) is 3.78. The van der Waals surface area contributed by atoms with Crippen LogP contribution in [0.2, 0.25) is 0 Å². The molecule has 1 aliphatic heterocycles. The number of rotatable bonds is 0. The summed E-state index contributed by atoms with van der Waals surface area (Å²) >= 11 is 2.12. The van der Waals surface area contributed by atoms with Crippen molar-refractivity contribution in [1.82, 2.24) is 5.32 Å². The summed E-state index contributed by atoms with van der Waals surface area (Å²) in [5, 5.41) is 4.50. The maximum atomic E-state index is 3.76. The van der Waals surface area contributed by atoms with Crippen LogP contribution in [0.25, 0.3) is 0 Å². The molecule has 2 heteroatoms. The van der Waals surface area contributed by atoms with Crippen LogP contribution in [0.15, 0.2) is 24.3 Å². The van der Waals surface area contributed by atoms with Crippen LogP contribution in [0.3, 0.4) is 0 Å². The summed E-state index contributed by atoms with van der Waals surface area (Å²) in [6, 6.07) is 9.00. The number of hydrogen-bond donors (Lipinski definition) is 1. The van der Waals surface area contributed by atoms with Crippen molar-refractivity contribution in [2.75, 3.05) is 6.54 Å². The fraction of sp³-hybridized carbons (Fsp3) is 0.571. The van der Waals surface area contributed by atoms with E-state index in [0.717, 1.165) is 17.7 Å². The molecule has 0 bridgehead atoms. The molecule has 1 nitrogen and oxygen atoms in total. The van der Waals surface area contributed by atoms with Crippen LogP contribution in [0.4, 0.5) is 0 Å². The van der Waals surface area contributed by atoms with Crippen molar-refractivity contribution >= 4 is 11.8 Å². The first-order valence-corrected chi connectivity index (χ1v) is 7.11. The molecule has 0 saturated carbocycles. The molecule has 3 unspecified atom stereocenters. The van der Waals surface area contributed by atoms with Crippen molar-refractivity contribution in [3.63, 3.8) is 0 Å². The van der Waals surface area contributed by atoms with Crippen molar-refractivity contribution in [2.45, 2.75) is 42.7 Å². The molecular weight excluding hydrogens is 214 g/mol. The van der Waals surface area contributed by atoms with Gasteiger partial charge in [0.2, 0.25) is 0 Å². The Balaban J connectivity index is 2.08. The monoisotopic (exact) mass is 233 g/mol. The zero-order valence-electron chi connectivity index (χ0n) is 9.99. The minimum Gasteiger partial charge on any atom is -0.298 e. The van der Waals surface area contributed by atoms with E-state index in [4.69, 9.17) is 0 Å². The van der Waals surface area contributed by atoms with Gasteiger partial charge in [-0.05, 0) is 29.9 Å². The number of thioether (sulfide) groups is 1. The lowest BCUT2D eigenvalue weighted by Crippen LogP contribution is -2.38. The highest BCUT2D eigenvalue weighted by atomic mass is 32.2. The molecule has 1 aliphatic carbocycles. The lowest BCUT2D eigenvalue weighted by Gasteiger charge is -2.38. The molecular formula is C14H19NS. The van der Waals surface area contributed by atoms with E-state index in [2.05, 4.69) is 55.2 Å². The number of hydrogen-bond acceptors (Lipinski definition) is 2. The Morgan fingerprint density at radius 1 is 1.31 bits per heavy atom. The summed E-state index contributed by atoms with van der Waals surface area (Å²) in [5.74, 6) is 0.722. The van der Waals surface area contributed by atoms with Crippen molar-refractivity contribution in [1.29, 1.82) is 0 Å². The third-order valence-electron chi connectivity index (χ3n) is 3.93.